The van der Waals surface area contributed by atoms with Gasteiger partial charge in [0.15, 0.2) is 0 Å². The Kier molecular flexibility index (Phi) is 6.49. The summed E-state index contributed by atoms with van der Waals surface area (Å²) >= 11 is 0. The predicted octanol–water partition coefficient (Wildman–Crippen LogP) is 1.07. The van der Waals surface area contributed by atoms with Gasteiger partial charge >= 0.3 is 0 Å². The molecular formula is C13H25N5O. The average Bonchev–Trinajstić information content (AvgIpc) is 2.75. The average molecular weight is 267 g/mol. The number of hydrogen-bond donors (Lipinski definition) is 2. The molecule has 1 rings (SSSR count). The maximum atomic E-state index is 11.8. The zero-order chi connectivity index (χ0) is 14.3. The van der Waals surface area contributed by atoms with Gasteiger partial charge in [0.2, 0.25) is 5.91 Å². The maximum Gasteiger partial charge on any atom is 0.242 e. The molecule has 0 aliphatic rings. The SMILES string of the molecule is CC(C)CCCC(C)NC(=O)Cn1cc(CN)nn1. The van der Waals surface area contributed by atoms with Crippen LogP contribution in [0.3, 0.4) is 0 Å². The Bertz CT molecular complexity index is 388. The van der Waals surface area contributed by atoms with Crippen molar-refractivity contribution in [3.05, 3.63) is 11.9 Å². The van der Waals surface area contributed by atoms with E-state index in [-0.39, 0.29) is 18.5 Å². The minimum Gasteiger partial charge on any atom is -0.352 e. The second-order valence-electron chi connectivity index (χ2n) is 5.40. The molecule has 0 aliphatic heterocycles. The number of nitrogens with two attached hydrogens (primary N) is 1. The molecule has 1 atom stereocenters. The lowest BCUT2D eigenvalue weighted by Gasteiger charge is -2.14. The Morgan fingerprint density at radius 1 is 1.42 bits per heavy atom. The van der Waals surface area contributed by atoms with E-state index in [2.05, 4.69) is 29.5 Å². The molecule has 3 N–H and O–H groups in total. The molecule has 1 amide bonds. The van der Waals surface area contributed by atoms with Crippen LogP contribution in [0.1, 0.15) is 45.7 Å². The first-order chi connectivity index (χ1) is 9.01. The summed E-state index contributed by atoms with van der Waals surface area (Å²) in [5, 5.41) is 10.7. The van der Waals surface area contributed by atoms with Gasteiger partial charge in [-0.1, -0.05) is 31.9 Å². The van der Waals surface area contributed by atoms with Gasteiger partial charge in [0.05, 0.1) is 11.9 Å². The first-order valence-electron chi connectivity index (χ1n) is 6.89. The van der Waals surface area contributed by atoms with Crippen molar-refractivity contribution in [2.75, 3.05) is 0 Å². The lowest BCUT2D eigenvalue weighted by Crippen LogP contribution is -2.35. The largest absolute Gasteiger partial charge is 0.352 e. The highest BCUT2D eigenvalue weighted by molar-refractivity contribution is 5.75. The summed E-state index contributed by atoms with van der Waals surface area (Å²) in [5.41, 5.74) is 6.13. The van der Waals surface area contributed by atoms with Crippen LogP contribution >= 0.6 is 0 Å². The summed E-state index contributed by atoms with van der Waals surface area (Å²) < 4.78 is 1.51. The van der Waals surface area contributed by atoms with Gasteiger partial charge in [-0.15, -0.1) is 5.10 Å². The molecule has 0 aromatic carbocycles. The maximum absolute atomic E-state index is 11.8. The van der Waals surface area contributed by atoms with Gasteiger partial charge in [-0.25, -0.2) is 4.68 Å². The summed E-state index contributed by atoms with van der Waals surface area (Å²) in [6, 6.07) is 0.198. The first-order valence-corrected chi connectivity index (χ1v) is 6.89. The first kappa shape index (κ1) is 15.6. The van der Waals surface area contributed by atoms with Crippen molar-refractivity contribution in [3.8, 4) is 0 Å². The van der Waals surface area contributed by atoms with Gasteiger partial charge in [-0.05, 0) is 19.3 Å². The number of nitrogens with zero attached hydrogens (tertiary/aromatic N) is 3. The van der Waals surface area contributed by atoms with Gasteiger partial charge in [0, 0.05) is 12.6 Å². The van der Waals surface area contributed by atoms with E-state index in [0.29, 0.717) is 18.2 Å². The number of hydrogen-bond acceptors (Lipinski definition) is 4. The molecule has 0 saturated carbocycles. The van der Waals surface area contributed by atoms with Crippen LogP contribution in [-0.2, 0) is 17.9 Å². The number of carbonyl (C=O) groups excluding carboxylic acids is 1. The molecule has 1 unspecified atom stereocenters. The normalized spacial score (nSPS) is 12.7. The van der Waals surface area contributed by atoms with Gasteiger partial charge < -0.3 is 11.1 Å². The molecular weight excluding hydrogens is 242 g/mol. The van der Waals surface area contributed by atoms with Crippen molar-refractivity contribution in [2.45, 2.75) is 59.2 Å². The van der Waals surface area contributed by atoms with Crippen molar-refractivity contribution < 1.29 is 4.79 Å². The highest BCUT2D eigenvalue weighted by Gasteiger charge is 2.09. The van der Waals surface area contributed by atoms with Crippen LogP contribution in [0.15, 0.2) is 6.20 Å². The Morgan fingerprint density at radius 2 is 2.16 bits per heavy atom. The van der Waals surface area contributed by atoms with E-state index in [4.69, 9.17) is 5.73 Å². The summed E-state index contributed by atoms with van der Waals surface area (Å²) in [5.74, 6) is 0.679. The topological polar surface area (TPSA) is 85.8 Å². The summed E-state index contributed by atoms with van der Waals surface area (Å²) in [6.07, 6.45) is 5.04. The van der Waals surface area contributed by atoms with Gasteiger partial charge in [0.25, 0.3) is 0 Å². The highest BCUT2D eigenvalue weighted by Crippen LogP contribution is 2.08. The van der Waals surface area contributed by atoms with Crippen LogP contribution < -0.4 is 11.1 Å². The van der Waals surface area contributed by atoms with E-state index in [1.54, 1.807) is 6.20 Å². The van der Waals surface area contributed by atoms with E-state index < -0.39 is 0 Å². The fourth-order valence-corrected chi connectivity index (χ4v) is 1.88. The molecule has 0 bridgehead atoms. The Labute approximate surface area is 114 Å². The van der Waals surface area contributed by atoms with Gasteiger partial charge in [-0.3, -0.25) is 4.79 Å². The molecule has 6 heteroatoms. The van der Waals surface area contributed by atoms with Crippen LogP contribution in [0, 0.1) is 5.92 Å². The van der Waals surface area contributed by atoms with Crippen LogP contribution in [0.25, 0.3) is 0 Å². The highest BCUT2D eigenvalue weighted by atomic mass is 16.2. The van der Waals surface area contributed by atoms with Crippen molar-refractivity contribution in [2.24, 2.45) is 11.7 Å². The minimum absolute atomic E-state index is 0.0366. The number of rotatable bonds is 8. The third-order valence-electron chi connectivity index (χ3n) is 2.93. The molecule has 1 heterocycles. The molecule has 0 saturated heterocycles. The third-order valence-corrected chi connectivity index (χ3v) is 2.93. The molecule has 0 fully saturated rings. The summed E-state index contributed by atoms with van der Waals surface area (Å²) in [6.45, 7) is 6.99. The smallest absolute Gasteiger partial charge is 0.242 e. The monoisotopic (exact) mass is 267 g/mol. The number of carbonyl (C=O) groups is 1. The second-order valence-corrected chi connectivity index (χ2v) is 5.40. The van der Waals surface area contributed by atoms with Crippen LogP contribution in [0.5, 0.6) is 0 Å². The number of amides is 1. The van der Waals surface area contributed by atoms with Crippen LogP contribution in [-0.4, -0.2) is 26.9 Å². The zero-order valence-electron chi connectivity index (χ0n) is 12.1. The number of aromatic nitrogens is 3. The molecule has 19 heavy (non-hydrogen) atoms. The molecule has 108 valence electrons. The summed E-state index contributed by atoms with van der Waals surface area (Å²) in [7, 11) is 0. The molecule has 6 nitrogen and oxygen atoms in total. The standard InChI is InChI=1S/C13H25N5O/c1-10(2)5-4-6-11(3)15-13(19)9-18-8-12(7-14)16-17-18/h8,10-11H,4-7,9,14H2,1-3H3,(H,15,19). The predicted molar refractivity (Wildman–Crippen MR) is 74.2 cm³/mol. The van der Waals surface area contributed by atoms with E-state index in [0.717, 1.165) is 12.8 Å². The lowest BCUT2D eigenvalue weighted by atomic mass is 10.0. The Morgan fingerprint density at radius 3 is 2.74 bits per heavy atom. The van der Waals surface area contributed by atoms with E-state index >= 15 is 0 Å². The number of nitrogens with one attached hydrogen (secondary N) is 1. The lowest BCUT2D eigenvalue weighted by molar-refractivity contribution is -0.122. The zero-order valence-corrected chi connectivity index (χ0v) is 12.1. The van der Waals surface area contributed by atoms with Crippen molar-refractivity contribution in [1.82, 2.24) is 20.3 Å². The Balaban J connectivity index is 2.26. The van der Waals surface area contributed by atoms with E-state index in [1.165, 1.54) is 11.1 Å². The molecule has 0 radical (unpaired) electrons. The third kappa shape index (κ3) is 6.33. The van der Waals surface area contributed by atoms with Crippen LogP contribution in [0.2, 0.25) is 0 Å². The molecule has 0 spiro atoms. The fourth-order valence-electron chi connectivity index (χ4n) is 1.88. The molecule has 1 aromatic heterocycles. The van der Waals surface area contributed by atoms with Crippen LogP contribution in [0.4, 0.5) is 0 Å². The minimum atomic E-state index is -0.0366. The van der Waals surface area contributed by atoms with Gasteiger partial charge in [-0.2, -0.15) is 0 Å². The van der Waals surface area contributed by atoms with E-state index in [1.807, 2.05) is 6.92 Å². The molecule has 0 aliphatic carbocycles. The Hall–Kier alpha value is -1.43. The van der Waals surface area contributed by atoms with E-state index in [9.17, 15) is 4.79 Å². The van der Waals surface area contributed by atoms with Crippen molar-refractivity contribution in [1.29, 1.82) is 0 Å². The van der Waals surface area contributed by atoms with Crippen molar-refractivity contribution in [3.63, 3.8) is 0 Å². The quantitative estimate of drug-likeness (QED) is 0.737. The second kappa shape index (κ2) is 7.89. The molecule has 1 aromatic rings. The van der Waals surface area contributed by atoms with Gasteiger partial charge in [0.1, 0.15) is 6.54 Å². The summed E-state index contributed by atoms with van der Waals surface area (Å²) in [4.78, 5) is 11.8. The fraction of sp³-hybridized carbons (Fsp3) is 0.769. The van der Waals surface area contributed by atoms with Crippen molar-refractivity contribution >= 4 is 5.91 Å².